The van der Waals surface area contributed by atoms with Crippen molar-refractivity contribution in [1.82, 2.24) is 30.0 Å². The number of carbonyl (C=O) groups excluding carboxylic acids is 1. The zero-order chi connectivity index (χ0) is 22.2. The molecule has 32 heavy (non-hydrogen) atoms. The number of fused-ring (bicyclic) bond motifs is 3. The molecule has 1 aliphatic heterocycles. The van der Waals surface area contributed by atoms with Gasteiger partial charge < -0.3 is 20.3 Å². The van der Waals surface area contributed by atoms with Crippen molar-refractivity contribution in [3.63, 3.8) is 0 Å². The lowest BCUT2D eigenvalue weighted by atomic mass is 9.89. The number of aromatic nitrogens is 5. The van der Waals surface area contributed by atoms with E-state index in [0.29, 0.717) is 29.0 Å². The minimum Gasteiger partial charge on any atom is -0.495 e. The minimum atomic E-state index is -0.175. The second kappa shape index (κ2) is 8.10. The predicted octanol–water partition coefficient (Wildman–Crippen LogP) is 2.99. The fraction of sp³-hybridized carbons (Fsp3) is 0.409. The fourth-order valence-electron chi connectivity index (χ4n) is 4.39. The van der Waals surface area contributed by atoms with Gasteiger partial charge in [0.25, 0.3) is 5.91 Å². The van der Waals surface area contributed by atoms with E-state index in [1.807, 2.05) is 4.57 Å². The van der Waals surface area contributed by atoms with Crippen molar-refractivity contribution in [3.05, 3.63) is 42.1 Å². The number of hydrogen-bond donors (Lipinski definition) is 2. The second-order valence-electron chi connectivity index (χ2n) is 8.00. The lowest BCUT2D eigenvalue weighted by Gasteiger charge is -2.45. The molecule has 0 radical (unpaired) electrons. The monoisotopic (exact) mass is 434 g/mol. The highest BCUT2D eigenvalue weighted by atomic mass is 16.5. The van der Waals surface area contributed by atoms with Gasteiger partial charge in [0.1, 0.15) is 17.8 Å². The zero-order valence-electron chi connectivity index (χ0n) is 18.4. The van der Waals surface area contributed by atoms with Gasteiger partial charge in [0, 0.05) is 18.7 Å². The molecule has 0 spiro atoms. The van der Waals surface area contributed by atoms with Crippen molar-refractivity contribution >= 4 is 23.4 Å². The van der Waals surface area contributed by atoms with Crippen LogP contribution in [0.25, 0.3) is 5.69 Å². The van der Waals surface area contributed by atoms with Gasteiger partial charge in [0.2, 0.25) is 5.95 Å². The van der Waals surface area contributed by atoms with Gasteiger partial charge >= 0.3 is 0 Å². The third kappa shape index (κ3) is 3.22. The van der Waals surface area contributed by atoms with Crippen molar-refractivity contribution in [1.29, 1.82) is 0 Å². The summed E-state index contributed by atoms with van der Waals surface area (Å²) in [6, 6.07) is 5.78. The Morgan fingerprint density at radius 1 is 1.31 bits per heavy atom. The van der Waals surface area contributed by atoms with Crippen LogP contribution < -0.4 is 20.3 Å². The van der Waals surface area contributed by atoms with Crippen molar-refractivity contribution in [2.45, 2.75) is 44.7 Å². The Kier molecular flexibility index (Phi) is 5.12. The topological polar surface area (TPSA) is 110 Å². The summed E-state index contributed by atoms with van der Waals surface area (Å²) in [5.41, 5.74) is 2.08. The van der Waals surface area contributed by atoms with E-state index in [-0.39, 0.29) is 11.9 Å². The predicted molar refractivity (Wildman–Crippen MR) is 120 cm³/mol. The number of hydrogen-bond acceptors (Lipinski definition) is 8. The van der Waals surface area contributed by atoms with Crippen LogP contribution in [0.3, 0.4) is 0 Å². The number of nitrogens with one attached hydrogen (secondary N) is 2. The van der Waals surface area contributed by atoms with Gasteiger partial charge in [-0.25, -0.2) is 4.98 Å². The Bertz CT molecular complexity index is 1160. The van der Waals surface area contributed by atoms with Crippen LogP contribution >= 0.6 is 0 Å². The highest BCUT2D eigenvalue weighted by Crippen LogP contribution is 2.43. The maximum Gasteiger partial charge on any atom is 0.251 e. The van der Waals surface area contributed by atoms with Crippen LogP contribution in [-0.2, 0) is 0 Å². The molecule has 2 N–H and O–H groups in total. The van der Waals surface area contributed by atoms with Gasteiger partial charge in [0.15, 0.2) is 11.6 Å². The zero-order valence-corrected chi connectivity index (χ0v) is 18.4. The van der Waals surface area contributed by atoms with E-state index >= 15 is 0 Å². The molecule has 1 atom stereocenters. The molecule has 2 aliphatic rings. The summed E-state index contributed by atoms with van der Waals surface area (Å²) >= 11 is 0. The van der Waals surface area contributed by atoms with Crippen molar-refractivity contribution in [3.8, 4) is 11.4 Å². The summed E-state index contributed by atoms with van der Waals surface area (Å²) in [6.45, 7) is 2.17. The first kappa shape index (κ1) is 20.2. The molecule has 1 aromatic carbocycles. The van der Waals surface area contributed by atoms with Gasteiger partial charge in [-0.2, -0.15) is 4.98 Å². The van der Waals surface area contributed by atoms with E-state index in [2.05, 4.69) is 37.6 Å². The average molecular weight is 435 g/mol. The van der Waals surface area contributed by atoms with Gasteiger partial charge in [-0.05, 0) is 43.9 Å². The number of rotatable bonds is 6. The molecular weight excluding hydrogens is 408 g/mol. The molecule has 3 heterocycles. The van der Waals surface area contributed by atoms with Crippen molar-refractivity contribution < 1.29 is 9.53 Å². The molecule has 0 unspecified atom stereocenters. The quantitative estimate of drug-likeness (QED) is 0.609. The molecule has 0 bridgehead atoms. The van der Waals surface area contributed by atoms with E-state index in [0.717, 1.165) is 36.6 Å². The van der Waals surface area contributed by atoms with Crippen LogP contribution in [0.2, 0.25) is 0 Å². The Morgan fingerprint density at radius 3 is 2.84 bits per heavy atom. The lowest BCUT2D eigenvalue weighted by Crippen LogP contribution is -2.46. The number of amides is 1. The number of benzene rings is 1. The molecule has 10 heteroatoms. The first-order valence-electron chi connectivity index (χ1n) is 10.9. The van der Waals surface area contributed by atoms with E-state index in [4.69, 9.17) is 9.72 Å². The molecule has 5 rings (SSSR count). The Balaban J connectivity index is 1.53. The molecule has 3 aromatic rings. The molecule has 1 fully saturated rings. The normalized spacial score (nSPS) is 17.2. The average Bonchev–Trinajstić information content (AvgIpc) is 3.27. The summed E-state index contributed by atoms with van der Waals surface area (Å²) in [5, 5.41) is 14.4. The second-order valence-corrected chi connectivity index (χ2v) is 8.00. The van der Waals surface area contributed by atoms with Gasteiger partial charge in [-0.15, -0.1) is 10.2 Å². The lowest BCUT2D eigenvalue weighted by molar-refractivity contribution is 0.0963. The number of ether oxygens (including phenoxy) is 1. The van der Waals surface area contributed by atoms with E-state index in [9.17, 15) is 4.79 Å². The van der Waals surface area contributed by atoms with E-state index in [1.54, 1.807) is 44.9 Å². The standard InChI is InChI=1S/C22H26N8O2/c1-4-16-20-28-25-12-29(20)17-11-24-22(27-19(17)30(16)14-6-5-7-14)26-15-9-8-13(21(31)23-2)10-18(15)32-3/h8-12,14,16H,4-7H2,1-3H3,(H,23,31)(H,24,26,27)/t16-/m1/s1. The van der Waals surface area contributed by atoms with Crippen molar-refractivity contribution in [2.24, 2.45) is 0 Å². The summed E-state index contributed by atoms with van der Waals surface area (Å²) in [5.74, 6) is 2.64. The molecule has 1 saturated carbocycles. The summed E-state index contributed by atoms with van der Waals surface area (Å²) in [7, 11) is 3.17. The molecule has 10 nitrogen and oxygen atoms in total. The van der Waals surface area contributed by atoms with Crippen LogP contribution in [0.15, 0.2) is 30.7 Å². The van der Waals surface area contributed by atoms with E-state index < -0.39 is 0 Å². The Morgan fingerprint density at radius 2 is 2.16 bits per heavy atom. The maximum atomic E-state index is 12.0. The largest absolute Gasteiger partial charge is 0.495 e. The third-order valence-electron chi connectivity index (χ3n) is 6.25. The molecule has 166 valence electrons. The van der Waals surface area contributed by atoms with Gasteiger partial charge in [0.05, 0.1) is 25.0 Å². The summed E-state index contributed by atoms with van der Waals surface area (Å²) < 4.78 is 7.48. The maximum absolute atomic E-state index is 12.0. The van der Waals surface area contributed by atoms with Gasteiger partial charge in [-0.1, -0.05) is 6.92 Å². The number of carbonyl (C=O) groups is 1. The van der Waals surface area contributed by atoms with Crippen LogP contribution in [0.4, 0.5) is 17.5 Å². The minimum absolute atomic E-state index is 0.124. The highest BCUT2D eigenvalue weighted by molar-refractivity contribution is 5.95. The Labute approximate surface area is 186 Å². The smallest absolute Gasteiger partial charge is 0.251 e. The third-order valence-corrected chi connectivity index (χ3v) is 6.25. The van der Waals surface area contributed by atoms with Crippen LogP contribution in [0.5, 0.6) is 5.75 Å². The molecule has 0 saturated heterocycles. The van der Waals surface area contributed by atoms with Crippen LogP contribution in [0.1, 0.15) is 54.8 Å². The first-order chi connectivity index (χ1) is 15.6. The fourth-order valence-corrected chi connectivity index (χ4v) is 4.39. The number of methoxy groups -OCH3 is 1. The van der Waals surface area contributed by atoms with Crippen molar-refractivity contribution in [2.75, 3.05) is 24.4 Å². The van der Waals surface area contributed by atoms with Gasteiger partial charge in [-0.3, -0.25) is 9.36 Å². The first-order valence-corrected chi connectivity index (χ1v) is 10.9. The molecule has 2 aromatic heterocycles. The van der Waals surface area contributed by atoms with Crippen LogP contribution in [0, 0.1) is 0 Å². The molecule has 1 aliphatic carbocycles. The van der Waals surface area contributed by atoms with E-state index in [1.165, 1.54) is 6.42 Å². The Hall–Kier alpha value is -3.69. The summed E-state index contributed by atoms with van der Waals surface area (Å²) in [4.78, 5) is 23.8. The molecule has 1 amide bonds. The SMILES string of the molecule is CC[C@@H]1c2nncn2-c2cnc(Nc3ccc(C(=O)NC)cc3OC)nc2N1C1CCC1. The molecular formula is C22H26N8O2. The number of nitrogens with zero attached hydrogens (tertiary/aromatic N) is 6. The summed E-state index contributed by atoms with van der Waals surface area (Å²) in [6.07, 6.45) is 7.96. The van der Waals surface area contributed by atoms with Crippen LogP contribution in [-0.4, -0.2) is 50.8 Å². The highest BCUT2D eigenvalue weighted by Gasteiger charge is 2.39. The number of anilines is 3.